The highest BCUT2D eigenvalue weighted by Gasteiger charge is 2.32. The van der Waals surface area contributed by atoms with E-state index < -0.39 is 5.82 Å². The first-order chi connectivity index (χ1) is 16.5. The summed E-state index contributed by atoms with van der Waals surface area (Å²) in [5, 5.41) is 3.19. The van der Waals surface area contributed by atoms with Gasteiger partial charge in [0.25, 0.3) is 11.5 Å². The van der Waals surface area contributed by atoms with E-state index in [2.05, 4.69) is 30.1 Å². The molecule has 9 nitrogen and oxygen atoms in total. The molecule has 5 heterocycles. The molecule has 1 atom stereocenters. The third kappa shape index (κ3) is 4.03. The maximum atomic E-state index is 15.2. The first-order valence-corrected chi connectivity index (χ1v) is 11.5. The summed E-state index contributed by atoms with van der Waals surface area (Å²) in [5.41, 5.74) is 2.95. The fourth-order valence-corrected chi connectivity index (χ4v) is 4.74. The van der Waals surface area contributed by atoms with Crippen LogP contribution in [0.2, 0.25) is 0 Å². The van der Waals surface area contributed by atoms with Gasteiger partial charge in [-0.1, -0.05) is 6.92 Å². The molecule has 0 aromatic carbocycles. The van der Waals surface area contributed by atoms with Crippen molar-refractivity contribution in [1.29, 1.82) is 0 Å². The van der Waals surface area contributed by atoms with Crippen LogP contribution in [-0.4, -0.2) is 65.1 Å². The lowest BCUT2D eigenvalue weighted by Crippen LogP contribution is -2.54. The predicted octanol–water partition coefficient (Wildman–Crippen LogP) is 1.60. The summed E-state index contributed by atoms with van der Waals surface area (Å²) in [7, 11) is 1.58. The molecule has 3 aromatic rings. The molecule has 34 heavy (non-hydrogen) atoms. The number of nitrogens with zero attached hydrogens (tertiary/aromatic N) is 4. The Morgan fingerprint density at radius 2 is 2.21 bits per heavy atom. The maximum absolute atomic E-state index is 15.2. The normalized spacial score (nSPS) is 18.3. The number of carbonyl (C=O) groups excluding carboxylic acids is 1. The Labute approximate surface area is 196 Å². The Morgan fingerprint density at radius 3 is 3.00 bits per heavy atom. The Morgan fingerprint density at radius 1 is 1.35 bits per heavy atom. The van der Waals surface area contributed by atoms with Gasteiger partial charge in [0.1, 0.15) is 5.69 Å². The number of piperazine rings is 1. The highest BCUT2D eigenvalue weighted by atomic mass is 19.1. The average Bonchev–Trinajstić information content (AvgIpc) is 3.03. The van der Waals surface area contributed by atoms with Gasteiger partial charge in [0, 0.05) is 50.4 Å². The van der Waals surface area contributed by atoms with Crippen LogP contribution >= 0.6 is 0 Å². The number of hydrogen-bond acceptors (Lipinski definition) is 7. The Kier molecular flexibility index (Phi) is 6.01. The summed E-state index contributed by atoms with van der Waals surface area (Å²) in [6, 6.07) is 5.43. The van der Waals surface area contributed by atoms with Gasteiger partial charge in [-0.3, -0.25) is 19.5 Å². The van der Waals surface area contributed by atoms with E-state index in [1.165, 1.54) is 0 Å². The number of aromatic nitrogens is 3. The molecular formula is C24H27FN6O3. The minimum absolute atomic E-state index is 0.0677. The number of carbonyl (C=O) groups is 1. The molecule has 10 heteroatoms. The van der Waals surface area contributed by atoms with Crippen molar-refractivity contribution in [3.63, 3.8) is 0 Å². The van der Waals surface area contributed by atoms with Crippen LogP contribution < -0.4 is 15.8 Å². The van der Waals surface area contributed by atoms with Crippen molar-refractivity contribution in [3.8, 4) is 0 Å². The Hall–Kier alpha value is -3.37. The number of ether oxygens (including phenoxy) is 1. The number of aromatic amines is 1. The second-order valence-electron chi connectivity index (χ2n) is 8.67. The van der Waals surface area contributed by atoms with Gasteiger partial charge in [-0.05, 0) is 24.6 Å². The molecule has 3 aromatic heterocycles. The summed E-state index contributed by atoms with van der Waals surface area (Å²) >= 11 is 0. The third-order valence-corrected chi connectivity index (χ3v) is 6.57. The second kappa shape index (κ2) is 9.11. The molecule has 5 rings (SSSR count). The van der Waals surface area contributed by atoms with Crippen molar-refractivity contribution in [3.05, 3.63) is 63.2 Å². The van der Waals surface area contributed by atoms with Crippen LogP contribution in [0.5, 0.6) is 0 Å². The van der Waals surface area contributed by atoms with Crippen molar-refractivity contribution in [2.45, 2.75) is 32.5 Å². The van der Waals surface area contributed by atoms with E-state index in [0.29, 0.717) is 68.2 Å². The van der Waals surface area contributed by atoms with E-state index in [0.717, 1.165) is 11.4 Å². The molecule has 0 bridgehead atoms. The summed E-state index contributed by atoms with van der Waals surface area (Å²) in [6.45, 7) is 5.15. The summed E-state index contributed by atoms with van der Waals surface area (Å²) in [6.07, 6.45) is 2.20. The van der Waals surface area contributed by atoms with E-state index in [-0.39, 0.29) is 23.0 Å². The molecule has 2 N–H and O–H groups in total. The van der Waals surface area contributed by atoms with Crippen molar-refractivity contribution >= 4 is 22.5 Å². The van der Waals surface area contributed by atoms with Gasteiger partial charge in [-0.25, -0.2) is 9.37 Å². The largest absolute Gasteiger partial charge is 0.373 e. The molecule has 1 amide bonds. The highest BCUT2D eigenvalue weighted by molar-refractivity contribution is 5.92. The molecule has 0 radical (unpaired) electrons. The molecule has 1 fully saturated rings. The van der Waals surface area contributed by atoms with Gasteiger partial charge in [0.05, 0.1) is 41.8 Å². The fourth-order valence-electron chi connectivity index (χ4n) is 4.74. The van der Waals surface area contributed by atoms with Crippen LogP contribution in [0.4, 0.5) is 10.1 Å². The lowest BCUT2D eigenvalue weighted by atomic mass is 10.1. The number of amides is 1. The monoisotopic (exact) mass is 466 g/mol. The van der Waals surface area contributed by atoms with Crippen LogP contribution in [0, 0.1) is 5.82 Å². The van der Waals surface area contributed by atoms with Gasteiger partial charge in [-0.15, -0.1) is 0 Å². The molecule has 1 saturated heterocycles. The number of halogens is 1. The van der Waals surface area contributed by atoms with Gasteiger partial charge in [-0.2, -0.15) is 0 Å². The Balaban J connectivity index is 1.35. The number of nitrogens with one attached hydrogen (secondary N) is 2. The molecule has 178 valence electrons. The van der Waals surface area contributed by atoms with Crippen LogP contribution in [0.3, 0.4) is 0 Å². The minimum atomic E-state index is -0.479. The van der Waals surface area contributed by atoms with Crippen LogP contribution in [0.1, 0.15) is 34.4 Å². The van der Waals surface area contributed by atoms with E-state index in [9.17, 15) is 9.59 Å². The molecular weight excluding hydrogens is 439 g/mol. The zero-order chi connectivity index (χ0) is 23.8. The smallest absolute Gasteiger partial charge is 0.269 e. The fraction of sp³-hybridized carbons (Fsp3) is 0.417. The molecule has 0 saturated carbocycles. The van der Waals surface area contributed by atoms with E-state index in [1.807, 2.05) is 13.0 Å². The van der Waals surface area contributed by atoms with Crippen LogP contribution in [-0.2, 0) is 24.3 Å². The minimum Gasteiger partial charge on any atom is -0.373 e. The first kappa shape index (κ1) is 22.4. The standard InChI is InChI=1S/C24H27FN6O3/c1-3-14-8-15-9-27-18(21(25)22(15)29-23(14)32)11-30-6-7-31-16(10-30)12-34-13-19-20(31)5-4-17(28-19)24(33)26-2/h4-5,8-9,16H,3,6-7,10-13H2,1-2H3,(H,26,33)(H,29,32)/t16-/m1/s1. The van der Waals surface area contributed by atoms with E-state index in [4.69, 9.17) is 4.74 Å². The number of hydrogen-bond donors (Lipinski definition) is 2. The maximum Gasteiger partial charge on any atom is 0.269 e. The van der Waals surface area contributed by atoms with Crippen molar-refractivity contribution in [1.82, 2.24) is 25.2 Å². The van der Waals surface area contributed by atoms with Gasteiger partial charge in [0.15, 0.2) is 5.82 Å². The SMILES string of the molecule is CCc1cc2cnc(CN3CCN4c5ccc(C(=O)NC)nc5COC[C@H]4C3)c(F)c2[nH]c1=O. The number of H-pyrrole nitrogens is 1. The summed E-state index contributed by atoms with van der Waals surface area (Å²) < 4.78 is 21.1. The molecule has 2 aliphatic heterocycles. The lowest BCUT2D eigenvalue weighted by Gasteiger charge is -2.41. The van der Waals surface area contributed by atoms with Crippen LogP contribution in [0.25, 0.3) is 10.9 Å². The van der Waals surface area contributed by atoms with Crippen molar-refractivity contribution < 1.29 is 13.9 Å². The summed E-state index contributed by atoms with van der Waals surface area (Å²) in [4.78, 5) is 40.1. The predicted molar refractivity (Wildman–Crippen MR) is 125 cm³/mol. The van der Waals surface area contributed by atoms with Gasteiger partial charge >= 0.3 is 0 Å². The van der Waals surface area contributed by atoms with Gasteiger partial charge in [0.2, 0.25) is 0 Å². The topological polar surface area (TPSA) is 103 Å². The number of fused-ring (bicyclic) bond motifs is 4. The lowest BCUT2D eigenvalue weighted by molar-refractivity contribution is 0.0871. The number of aryl methyl sites for hydroxylation is 1. The highest BCUT2D eigenvalue weighted by Crippen LogP contribution is 2.29. The molecule has 0 aliphatic carbocycles. The third-order valence-electron chi connectivity index (χ3n) is 6.57. The van der Waals surface area contributed by atoms with Crippen molar-refractivity contribution in [2.24, 2.45) is 0 Å². The van der Waals surface area contributed by atoms with Crippen LogP contribution in [0.15, 0.2) is 29.2 Å². The molecule has 2 aliphatic rings. The number of pyridine rings is 3. The van der Waals surface area contributed by atoms with Gasteiger partial charge < -0.3 is 19.9 Å². The van der Waals surface area contributed by atoms with E-state index in [1.54, 1.807) is 25.4 Å². The molecule has 0 unspecified atom stereocenters. The second-order valence-corrected chi connectivity index (χ2v) is 8.67. The zero-order valence-electron chi connectivity index (χ0n) is 19.2. The first-order valence-electron chi connectivity index (χ1n) is 11.5. The Bertz CT molecular complexity index is 1310. The molecule has 0 spiro atoms. The number of anilines is 1. The van der Waals surface area contributed by atoms with E-state index >= 15 is 4.39 Å². The number of rotatable bonds is 4. The summed E-state index contributed by atoms with van der Waals surface area (Å²) in [5.74, 6) is -0.710. The average molecular weight is 467 g/mol. The zero-order valence-corrected chi connectivity index (χ0v) is 19.2. The quantitative estimate of drug-likeness (QED) is 0.602. The van der Waals surface area contributed by atoms with Crippen molar-refractivity contribution in [2.75, 3.05) is 38.2 Å².